The minimum atomic E-state index is -0.634. The van der Waals surface area contributed by atoms with Crippen molar-refractivity contribution in [1.82, 2.24) is 10.6 Å². The first-order chi connectivity index (χ1) is 19.5. The molecule has 0 fully saturated rings. The summed E-state index contributed by atoms with van der Waals surface area (Å²) in [7, 11) is 4.68. The zero-order valence-electron chi connectivity index (χ0n) is 23.1. The topological polar surface area (TPSA) is 85.9 Å². The molecular formula is C33H34N2O5. The van der Waals surface area contributed by atoms with Crippen molar-refractivity contribution in [1.29, 1.82) is 0 Å². The van der Waals surface area contributed by atoms with E-state index in [1.165, 1.54) is 0 Å². The van der Waals surface area contributed by atoms with Gasteiger partial charge in [0.1, 0.15) is 17.2 Å². The highest BCUT2D eigenvalue weighted by atomic mass is 16.5. The highest BCUT2D eigenvalue weighted by molar-refractivity contribution is 5.95. The molecule has 4 aromatic carbocycles. The number of amides is 2. The Morgan fingerprint density at radius 2 is 1.02 bits per heavy atom. The van der Waals surface area contributed by atoms with Gasteiger partial charge in [-0.25, -0.2) is 0 Å². The van der Waals surface area contributed by atoms with Crippen molar-refractivity contribution in [2.24, 2.45) is 5.92 Å². The summed E-state index contributed by atoms with van der Waals surface area (Å²) in [6.45, 7) is 1.99. The molecule has 0 radical (unpaired) electrons. The third-order valence-corrected chi connectivity index (χ3v) is 6.92. The Morgan fingerprint density at radius 3 is 1.45 bits per heavy atom. The van der Waals surface area contributed by atoms with E-state index in [1.807, 2.05) is 73.7 Å². The van der Waals surface area contributed by atoms with Crippen LogP contribution in [-0.4, -0.2) is 33.1 Å². The first kappa shape index (κ1) is 28.2. The molecule has 206 valence electrons. The first-order valence-electron chi connectivity index (χ1n) is 13.0. The van der Waals surface area contributed by atoms with E-state index in [2.05, 4.69) is 10.6 Å². The lowest BCUT2D eigenvalue weighted by molar-refractivity contribution is 0.0890. The van der Waals surface area contributed by atoms with Gasteiger partial charge in [0.15, 0.2) is 0 Å². The first-order valence-corrected chi connectivity index (χ1v) is 13.0. The molecular weight excluding hydrogens is 504 g/mol. The zero-order valence-corrected chi connectivity index (χ0v) is 23.1. The van der Waals surface area contributed by atoms with E-state index in [1.54, 1.807) is 57.7 Å². The summed E-state index contributed by atoms with van der Waals surface area (Å²) in [5.41, 5.74) is 2.58. The zero-order chi connectivity index (χ0) is 28.5. The molecule has 0 unspecified atom stereocenters. The molecule has 0 bridgehead atoms. The van der Waals surface area contributed by atoms with Gasteiger partial charge in [0.2, 0.25) is 0 Å². The summed E-state index contributed by atoms with van der Waals surface area (Å²) in [6.07, 6.45) is 0. The Hall–Kier alpha value is -4.78. The van der Waals surface area contributed by atoms with Gasteiger partial charge in [0.05, 0.1) is 39.0 Å². The molecule has 3 atom stereocenters. The Bertz CT molecular complexity index is 1390. The maximum absolute atomic E-state index is 13.6. The molecule has 2 amide bonds. The van der Waals surface area contributed by atoms with Gasteiger partial charge < -0.3 is 24.8 Å². The van der Waals surface area contributed by atoms with Crippen LogP contribution >= 0.6 is 0 Å². The summed E-state index contributed by atoms with van der Waals surface area (Å²) < 4.78 is 17.0. The second-order valence-electron chi connectivity index (χ2n) is 9.35. The minimum Gasteiger partial charge on any atom is -0.496 e. The third-order valence-electron chi connectivity index (χ3n) is 6.92. The highest BCUT2D eigenvalue weighted by Gasteiger charge is 2.35. The molecule has 4 rings (SSSR count). The lowest BCUT2D eigenvalue weighted by Crippen LogP contribution is -2.41. The summed E-state index contributed by atoms with van der Waals surface area (Å²) in [5.74, 6) is 0.682. The van der Waals surface area contributed by atoms with Crippen LogP contribution in [0, 0.1) is 5.92 Å². The Labute approximate surface area is 235 Å². The van der Waals surface area contributed by atoms with E-state index >= 15 is 0 Å². The average Bonchev–Trinajstić information content (AvgIpc) is 3.02. The van der Waals surface area contributed by atoms with E-state index in [4.69, 9.17) is 14.2 Å². The van der Waals surface area contributed by atoms with Crippen LogP contribution < -0.4 is 24.8 Å². The van der Waals surface area contributed by atoms with Crippen molar-refractivity contribution in [2.75, 3.05) is 21.3 Å². The summed E-state index contributed by atoms with van der Waals surface area (Å²) in [6, 6.07) is 30.2. The Kier molecular flexibility index (Phi) is 9.41. The van der Waals surface area contributed by atoms with E-state index in [0.29, 0.717) is 33.9 Å². The van der Waals surface area contributed by atoms with Crippen molar-refractivity contribution in [2.45, 2.75) is 19.0 Å². The van der Waals surface area contributed by atoms with Gasteiger partial charge in [-0.3, -0.25) is 9.59 Å². The Morgan fingerprint density at radius 1 is 0.600 bits per heavy atom. The fourth-order valence-electron chi connectivity index (χ4n) is 4.81. The molecule has 40 heavy (non-hydrogen) atoms. The number of hydrogen-bond donors (Lipinski definition) is 2. The van der Waals surface area contributed by atoms with E-state index in [-0.39, 0.29) is 17.7 Å². The number of carbonyl (C=O) groups is 2. The molecule has 0 aliphatic heterocycles. The lowest BCUT2D eigenvalue weighted by Gasteiger charge is -2.34. The number of benzene rings is 4. The molecule has 0 saturated heterocycles. The fourth-order valence-corrected chi connectivity index (χ4v) is 4.81. The largest absolute Gasteiger partial charge is 0.496 e. The standard InChI is InChI=1S/C33H34N2O5/c1-22(30(23-14-8-5-9-15-23)34-32(36)24-16-10-6-11-17-24)31(35-33(37)25-18-12-7-13-19-25)29-27(39-3)20-26(38-2)21-28(29)40-4/h5-22,30-31H,1-4H3,(H,34,36)(H,35,37)/t22-,30-,31-/m1/s1. The molecule has 0 aromatic heterocycles. The number of hydrogen-bond acceptors (Lipinski definition) is 5. The van der Waals surface area contributed by atoms with Crippen LogP contribution in [0.3, 0.4) is 0 Å². The van der Waals surface area contributed by atoms with Crippen LogP contribution in [0.2, 0.25) is 0 Å². The molecule has 4 aromatic rings. The van der Waals surface area contributed by atoms with Crippen LogP contribution in [0.5, 0.6) is 17.2 Å². The molecule has 2 N–H and O–H groups in total. The summed E-state index contributed by atoms with van der Waals surface area (Å²) in [5, 5.41) is 6.42. The van der Waals surface area contributed by atoms with Gasteiger partial charge in [0.25, 0.3) is 11.8 Å². The van der Waals surface area contributed by atoms with Gasteiger partial charge in [-0.2, -0.15) is 0 Å². The monoisotopic (exact) mass is 538 g/mol. The smallest absolute Gasteiger partial charge is 0.251 e. The van der Waals surface area contributed by atoms with Gasteiger partial charge in [-0.05, 0) is 29.8 Å². The highest BCUT2D eigenvalue weighted by Crippen LogP contribution is 2.44. The van der Waals surface area contributed by atoms with Gasteiger partial charge in [-0.15, -0.1) is 0 Å². The minimum absolute atomic E-state index is 0.219. The van der Waals surface area contributed by atoms with Crippen molar-refractivity contribution in [3.63, 3.8) is 0 Å². The van der Waals surface area contributed by atoms with Crippen molar-refractivity contribution in [3.05, 3.63) is 125 Å². The van der Waals surface area contributed by atoms with E-state index in [9.17, 15) is 9.59 Å². The van der Waals surface area contributed by atoms with Crippen LogP contribution in [0.1, 0.15) is 50.9 Å². The van der Waals surface area contributed by atoms with Crippen LogP contribution in [-0.2, 0) is 0 Å². The van der Waals surface area contributed by atoms with Gasteiger partial charge in [-0.1, -0.05) is 73.7 Å². The molecule has 0 aliphatic rings. The molecule has 7 nitrogen and oxygen atoms in total. The fraction of sp³-hybridized carbons (Fsp3) is 0.212. The van der Waals surface area contributed by atoms with Crippen LogP contribution in [0.4, 0.5) is 0 Å². The van der Waals surface area contributed by atoms with Crippen molar-refractivity contribution < 1.29 is 23.8 Å². The molecule has 0 aliphatic carbocycles. The normalized spacial score (nSPS) is 12.9. The molecule has 0 heterocycles. The number of ether oxygens (including phenoxy) is 3. The molecule has 0 spiro atoms. The molecule has 7 heteroatoms. The average molecular weight is 539 g/mol. The maximum atomic E-state index is 13.6. The Balaban J connectivity index is 1.83. The second kappa shape index (κ2) is 13.3. The number of rotatable bonds is 11. The van der Waals surface area contributed by atoms with E-state index in [0.717, 1.165) is 5.56 Å². The number of methoxy groups -OCH3 is 3. The number of nitrogens with one attached hydrogen (secondary N) is 2. The number of carbonyl (C=O) groups excluding carboxylic acids is 2. The quantitative estimate of drug-likeness (QED) is 0.245. The third kappa shape index (κ3) is 6.43. The molecule has 0 saturated carbocycles. The summed E-state index contributed by atoms with van der Waals surface area (Å²) in [4.78, 5) is 27.0. The SMILES string of the molecule is COc1cc(OC)c([C@H](NC(=O)c2ccccc2)[C@H](C)[C@@H](NC(=O)c2ccccc2)c2ccccc2)c(OC)c1. The predicted octanol–water partition coefficient (Wildman–Crippen LogP) is 5.99. The second-order valence-corrected chi connectivity index (χ2v) is 9.35. The summed E-state index contributed by atoms with van der Waals surface area (Å²) >= 11 is 0. The lowest BCUT2D eigenvalue weighted by atomic mass is 9.83. The van der Waals surface area contributed by atoms with E-state index < -0.39 is 12.1 Å². The van der Waals surface area contributed by atoms with Crippen LogP contribution in [0.25, 0.3) is 0 Å². The van der Waals surface area contributed by atoms with Crippen molar-refractivity contribution in [3.8, 4) is 17.2 Å². The predicted molar refractivity (Wildman–Crippen MR) is 155 cm³/mol. The van der Waals surface area contributed by atoms with Crippen LogP contribution in [0.15, 0.2) is 103 Å². The van der Waals surface area contributed by atoms with Crippen molar-refractivity contribution >= 4 is 11.8 Å². The van der Waals surface area contributed by atoms with Gasteiger partial charge in [0, 0.05) is 29.2 Å². The van der Waals surface area contributed by atoms with Gasteiger partial charge >= 0.3 is 0 Å². The maximum Gasteiger partial charge on any atom is 0.251 e.